The van der Waals surface area contributed by atoms with Crippen molar-refractivity contribution < 1.29 is 14.3 Å². The van der Waals surface area contributed by atoms with Gasteiger partial charge < -0.3 is 10.1 Å². The number of hydrogen-bond acceptors (Lipinski definition) is 3. The fourth-order valence-electron chi connectivity index (χ4n) is 3.94. The van der Waals surface area contributed by atoms with Gasteiger partial charge in [-0.1, -0.05) is 42.5 Å². The molecule has 2 bridgehead atoms. The van der Waals surface area contributed by atoms with Crippen molar-refractivity contribution >= 4 is 35.1 Å². The Morgan fingerprint density at radius 3 is 2.38 bits per heavy atom. The Hall–Kier alpha value is -1.52. The third-order valence-electron chi connectivity index (χ3n) is 5.22. The number of halogens is 2. The largest absolute Gasteiger partial charge is 0.460 e. The van der Waals surface area contributed by atoms with Gasteiger partial charge in [0.05, 0.1) is 23.6 Å². The van der Waals surface area contributed by atoms with Crippen molar-refractivity contribution in [1.29, 1.82) is 0 Å². The molecule has 0 spiro atoms. The number of allylic oxidation sites excluding steroid dienone is 2. The lowest BCUT2D eigenvalue weighted by molar-refractivity contribution is -0.157. The van der Waals surface area contributed by atoms with Gasteiger partial charge in [-0.15, -0.1) is 23.2 Å². The summed E-state index contributed by atoms with van der Waals surface area (Å²) >= 11 is 11.5. The first kappa shape index (κ1) is 19.2. The number of alkyl halides is 2. The lowest BCUT2D eigenvalue weighted by atomic mass is 9.82. The zero-order valence-corrected chi connectivity index (χ0v) is 16.0. The molecular weight excluding hydrogens is 373 g/mol. The molecule has 140 valence electrons. The summed E-state index contributed by atoms with van der Waals surface area (Å²) < 4.78 is 5.42. The van der Waals surface area contributed by atoms with Gasteiger partial charge in [-0.3, -0.25) is 9.59 Å². The van der Waals surface area contributed by atoms with Crippen molar-refractivity contribution in [3.63, 3.8) is 0 Å². The molecule has 26 heavy (non-hydrogen) atoms. The van der Waals surface area contributed by atoms with Crippen LogP contribution in [0.4, 0.5) is 0 Å². The first-order chi connectivity index (χ1) is 12.6. The van der Waals surface area contributed by atoms with Gasteiger partial charge in [0, 0.05) is 6.54 Å². The Balaban J connectivity index is 1.60. The molecule has 0 aromatic heterocycles. The van der Waals surface area contributed by atoms with E-state index in [0.29, 0.717) is 6.54 Å². The molecule has 0 aliphatic heterocycles. The van der Waals surface area contributed by atoms with E-state index in [1.54, 1.807) is 0 Å². The Morgan fingerprint density at radius 2 is 1.73 bits per heavy atom. The van der Waals surface area contributed by atoms with E-state index >= 15 is 0 Å². The predicted octanol–water partition coefficient (Wildman–Crippen LogP) is 3.17. The molecular formula is C20H23Cl2NO3. The lowest BCUT2D eigenvalue weighted by Gasteiger charge is -2.27. The van der Waals surface area contributed by atoms with Crippen LogP contribution in [-0.2, 0) is 20.7 Å². The van der Waals surface area contributed by atoms with E-state index < -0.39 is 12.0 Å². The fraction of sp³-hybridized carbons (Fsp3) is 0.500. The number of amides is 1. The second-order valence-electron chi connectivity index (χ2n) is 6.89. The fourth-order valence-corrected chi connectivity index (χ4v) is 4.40. The molecule has 1 saturated carbocycles. The van der Waals surface area contributed by atoms with E-state index in [1.165, 1.54) is 5.56 Å². The predicted molar refractivity (Wildman–Crippen MR) is 102 cm³/mol. The number of ether oxygens (including phenoxy) is 1. The number of esters is 1. The molecule has 0 heterocycles. The normalized spacial score (nSPS) is 26.3. The number of benzene rings is 1. The van der Waals surface area contributed by atoms with E-state index in [2.05, 4.69) is 11.4 Å². The SMILES string of the molecule is O=C(OC(CCl)CCl)[C@@H]1[C@H](C(=O)NCCc2ccccc2)[C@@H]2C=C[C@H]1C2. The molecule has 1 aromatic rings. The van der Waals surface area contributed by atoms with Gasteiger partial charge in [0.15, 0.2) is 0 Å². The second kappa shape index (κ2) is 8.92. The monoisotopic (exact) mass is 395 g/mol. The molecule has 1 N–H and O–H groups in total. The van der Waals surface area contributed by atoms with Crippen LogP contribution >= 0.6 is 23.2 Å². The molecule has 4 atom stereocenters. The van der Waals surface area contributed by atoms with Gasteiger partial charge in [-0.05, 0) is 30.2 Å². The number of carbonyl (C=O) groups excluding carboxylic acids is 2. The maximum atomic E-state index is 12.8. The molecule has 1 amide bonds. The van der Waals surface area contributed by atoms with Crippen LogP contribution in [0.25, 0.3) is 0 Å². The highest BCUT2D eigenvalue weighted by molar-refractivity contribution is 6.21. The molecule has 4 nitrogen and oxygen atoms in total. The molecule has 2 aliphatic carbocycles. The van der Waals surface area contributed by atoms with Crippen molar-refractivity contribution in [2.75, 3.05) is 18.3 Å². The Morgan fingerprint density at radius 1 is 1.08 bits per heavy atom. The first-order valence-electron chi connectivity index (χ1n) is 8.96. The summed E-state index contributed by atoms with van der Waals surface area (Å²) in [4.78, 5) is 25.4. The van der Waals surface area contributed by atoms with Crippen molar-refractivity contribution in [3.8, 4) is 0 Å². The highest BCUT2D eigenvalue weighted by Gasteiger charge is 2.52. The zero-order chi connectivity index (χ0) is 18.5. The third kappa shape index (κ3) is 4.24. The first-order valence-corrected chi connectivity index (χ1v) is 10.0. The molecule has 0 saturated heterocycles. The Bertz CT molecular complexity index is 660. The number of nitrogens with one attached hydrogen (secondary N) is 1. The molecule has 1 fully saturated rings. The smallest absolute Gasteiger partial charge is 0.310 e. The summed E-state index contributed by atoms with van der Waals surface area (Å²) in [5, 5.41) is 2.99. The van der Waals surface area contributed by atoms with Gasteiger partial charge in [0.2, 0.25) is 5.91 Å². The number of rotatable bonds is 8. The summed E-state index contributed by atoms with van der Waals surface area (Å²) in [5.41, 5.74) is 1.17. The minimum atomic E-state index is -0.518. The highest BCUT2D eigenvalue weighted by Crippen LogP contribution is 2.48. The second-order valence-corrected chi connectivity index (χ2v) is 7.51. The van der Waals surface area contributed by atoms with Gasteiger partial charge in [-0.25, -0.2) is 0 Å². The molecule has 2 aliphatic rings. The summed E-state index contributed by atoms with van der Waals surface area (Å²) in [5.74, 6) is -0.803. The lowest BCUT2D eigenvalue weighted by Crippen LogP contribution is -2.42. The number of carbonyl (C=O) groups is 2. The van der Waals surface area contributed by atoms with Crippen LogP contribution in [0.1, 0.15) is 12.0 Å². The number of fused-ring (bicyclic) bond motifs is 2. The van der Waals surface area contributed by atoms with Crippen LogP contribution < -0.4 is 5.32 Å². The van der Waals surface area contributed by atoms with Crippen LogP contribution in [-0.4, -0.2) is 36.3 Å². The minimum Gasteiger partial charge on any atom is -0.460 e. The average molecular weight is 396 g/mol. The average Bonchev–Trinajstić information content (AvgIpc) is 3.28. The van der Waals surface area contributed by atoms with Gasteiger partial charge >= 0.3 is 5.97 Å². The minimum absolute atomic E-state index is 0.0590. The van der Waals surface area contributed by atoms with Crippen LogP contribution in [0.5, 0.6) is 0 Å². The summed E-state index contributed by atoms with van der Waals surface area (Å²) in [6.45, 7) is 0.550. The van der Waals surface area contributed by atoms with Crippen molar-refractivity contribution in [3.05, 3.63) is 48.0 Å². The van der Waals surface area contributed by atoms with Gasteiger partial charge in [0.1, 0.15) is 6.10 Å². The maximum Gasteiger partial charge on any atom is 0.310 e. The summed E-state index contributed by atoms with van der Waals surface area (Å²) in [6.07, 6.45) is 5.15. The van der Waals surface area contributed by atoms with Crippen molar-refractivity contribution in [2.24, 2.45) is 23.7 Å². The quantitative estimate of drug-likeness (QED) is 0.417. The summed E-state index contributed by atoms with van der Waals surface area (Å²) in [6, 6.07) is 9.99. The van der Waals surface area contributed by atoms with Crippen LogP contribution in [0.15, 0.2) is 42.5 Å². The van der Waals surface area contributed by atoms with E-state index in [4.69, 9.17) is 27.9 Å². The summed E-state index contributed by atoms with van der Waals surface area (Å²) in [7, 11) is 0. The van der Waals surface area contributed by atoms with Crippen molar-refractivity contribution in [2.45, 2.75) is 18.9 Å². The molecule has 1 aromatic carbocycles. The Kier molecular flexibility index (Phi) is 6.60. The standard InChI is InChI=1S/C20H23Cl2NO3/c21-11-16(12-22)26-20(25)18-15-7-6-14(10-15)17(18)19(24)23-9-8-13-4-2-1-3-5-13/h1-7,14-18H,8-12H2,(H,23,24)/t14-,15+,17-,18+/m1/s1. The molecule has 6 heteroatoms. The van der Waals surface area contributed by atoms with Crippen LogP contribution in [0, 0.1) is 23.7 Å². The van der Waals surface area contributed by atoms with E-state index in [0.717, 1.165) is 12.8 Å². The maximum absolute atomic E-state index is 12.8. The molecule has 0 radical (unpaired) electrons. The Labute approximate surface area is 163 Å². The van der Waals surface area contributed by atoms with E-state index in [1.807, 2.05) is 36.4 Å². The third-order valence-corrected chi connectivity index (χ3v) is 5.91. The van der Waals surface area contributed by atoms with Crippen LogP contribution in [0.2, 0.25) is 0 Å². The van der Waals surface area contributed by atoms with E-state index in [-0.39, 0.29) is 41.4 Å². The molecule has 0 unspecified atom stereocenters. The van der Waals surface area contributed by atoms with Crippen molar-refractivity contribution in [1.82, 2.24) is 5.32 Å². The number of hydrogen-bond donors (Lipinski definition) is 1. The van der Waals surface area contributed by atoms with E-state index in [9.17, 15) is 9.59 Å². The van der Waals surface area contributed by atoms with Gasteiger partial charge in [-0.2, -0.15) is 0 Å². The van der Waals surface area contributed by atoms with Gasteiger partial charge in [0.25, 0.3) is 0 Å². The molecule has 3 rings (SSSR count). The topological polar surface area (TPSA) is 55.4 Å². The highest BCUT2D eigenvalue weighted by atomic mass is 35.5. The van der Waals surface area contributed by atoms with Crippen LogP contribution in [0.3, 0.4) is 0 Å². The zero-order valence-electron chi connectivity index (χ0n) is 14.4.